The van der Waals surface area contributed by atoms with Crippen LogP contribution in [0.3, 0.4) is 0 Å². The van der Waals surface area contributed by atoms with Crippen LogP contribution in [-0.2, 0) is 23.9 Å². The van der Waals surface area contributed by atoms with Crippen molar-refractivity contribution in [2.24, 2.45) is 34.0 Å². The van der Waals surface area contributed by atoms with Crippen molar-refractivity contribution in [3.63, 3.8) is 0 Å². The molecule has 1 saturated heterocycles. The molecule has 6 fully saturated rings. The lowest BCUT2D eigenvalue weighted by atomic mass is 9.35. The molecule has 25 heavy (non-hydrogen) atoms. The molecule has 1 spiro atoms. The van der Waals surface area contributed by atoms with Crippen molar-refractivity contribution in [3.8, 4) is 0 Å². The van der Waals surface area contributed by atoms with Gasteiger partial charge in [0.2, 0.25) is 0 Å². The van der Waals surface area contributed by atoms with Gasteiger partial charge in [0.25, 0.3) is 0 Å². The Morgan fingerprint density at radius 3 is 2.56 bits per heavy atom. The minimum absolute atomic E-state index is 0.0545. The lowest BCUT2D eigenvalue weighted by Crippen LogP contribution is -2.72. The van der Waals surface area contributed by atoms with Gasteiger partial charge in [0.15, 0.2) is 5.78 Å². The number of rotatable bonds is 0. The summed E-state index contributed by atoms with van der Waals surface area (Å²) in [7, 11) is 0. The van der Waals surface area contributed by atoms with Crippen LogP contribution in [0.5, 0.6) is 0 Å². The van der Waals surface area contributed by atoms with Gasteiger partial charge in [-0.15, -0.1) is 0 Å². The van der Waals surface area contributed by atoms with Gasteiger partial charge in [-0.3, -0.25) is 19.2 Å². The lowest BCUT2D eigenvalue weighted by Gasteiger charge is -2.66. The van der Waals surface area contributed by atoms with Crippen LogP contribution in [0.1, 0.15) is 51.9 Å². The standard InChI is InChI=1S/C20H22O5/c1-10-11-4-7-20(15(10)22)13(8-11)19-6-3-5-18(2,12(19)9-14(20)21)16(23)25-17(19)24/h11-13H,1,3-9H2,2H3/t11-,12?,13?,18+,19-,20+/m0/s1. The fourth-order valence-electron chi connectivity index (χ4n) is 7.13. The second-order valence-electron chi connectivity index (χ2n) is 9.02. The maximum absolute atomic E-state index is 13.3. The Kier molecular flexibility index (Phi) is 2.66. The summed E-state index contributed by atoms with van der Waals surface area (Å²) in [6, 6.07) is 0. The molecule has 5 nitrogen and oxygen atoms in total. The van der Waals surface area contributed by atoms with Crippen molar-refractivity contribution in [2.75, 3.05) is 0 Å². The molecule has 5 aliphatic carbocycles. The monoisotopic (exact) mass is 342 g/mol. The Morgan fingerprint density at radius 1 is 1.04 bits per heavy atom. The highest BCUT2D eigenvalue weighted by molar-refractivity contribution is 6.17. The minimum atomic E-state index is -1.10. The van der Waals surface area contributed by atoms with Gasteiger partial charge in [-0.2, -0.15) is 0 Å². The van der Waals surface area contributed by atoms with E-state index in [1.807, 2.05) is 6.92 Å². The zero-order valence-electron chi connectivity index (χ0n) is 14.4. The Balaban J connectivity index is 1.75. The van der Waals surface area contributed by atoms with E-state index in [1.54, 1.807) is 0 Å². The Bertz CT molecular complexity index is 781. The molecule has 4 bridgehead atoms. The molecule has 0 radical (unpaired) electrons. The largest absolute Gasteiger partial charge is 0.392 e. The van der Waals surface area contributed by atoms with Gasteiger partial charge < -0.3 is 4.74 Å². The molecule has 0 aromatic heterocycles. The SMILES string of the molecule is C=C1C(=O)[C@]23CC[C@H]1CC2[C@@]12CCC[C@@](C)(C(=O)OC1=O)C2CC3=O. The van der Waals surface area contributed by atoms with Gasteiger partial charge >= 0.3 is 11.9 Å². The number of hydrogen-bond acceptors (Lipinski definition) is 5. The predicted molar refractivity (Wildman–Crippen MR) is 86.0 cm³/mol. The first kappa shape index (κ1) is 15.5. The molecule has 0 aromatic rings. The third-order valence-electron chi connectivity index (χ3n) is 8.41. The zero-order valence-corrected chi connectivity index (χ0v) is 14.4. The number of hydrogen-bond donors (Lipinski definition) is 0. The van der Waals surface area contributed by atoms with E-state index in [-0.39, 0.29) is 35.7 Å². The van der Waals surface area contributed by atoms with Crippen LogP contribution >= 0.6 is 0 Å². The van der Waals surface area contributed by atoms with Crippen molar-refractivity contribution in [1.82, 2.24) is 0 Å². The topological polar surface area (TPSA) is 77.5 Å². The molecule has 1 aliphatic heterocycles. The van der Waals surface area contributed by atoms with Crippen LogP contribution in [0.2, 0.25) is 0 Å². The van der Waals surface area contributed by atoms with Crippen LogP contribution in [0, 0.1) is 34.0 Å². The molecule has 1 heterocycles. The summed E-state index contributed by atoms with van der Waals surface area (Å²) in [5, 5.41) is 0. The number of carbonyl (C=O) groups is 4. The molecule has 0 aromatic carbocycles. The van der Waals surface area contributed by atoms with E-state index < -0.39 is 28.2 Å². The van der Waals surface area contributed by atoms with Crippen molar-refractivity contribution in [3.05, 3.63) is 12.2 Å². The minimum Gasteiger partial charge on any atom is -0.392 e. The molecule has 6 rings (SSSR count). The summed E-state index contributed by atoms with van der Waals surface area (Å²) >= 11 is 0. The first-order valence-corrected chi connectivity index (χ1v) is 9.32. The third-order valence-corrected chi connectivity index (χ3v) is 8.41. The van der Waals surface area contributed by atoms with Crippen LogP contribution in [0.15, 0.2) is 12.2 Å². The predicted octanol–water partition coefficient (Wildman–Crippen LogP) is 2.38. The van der Waals surface area contributed by atoms with Gasteiger partial charge in [0, 0.05) is 6.42 Å². The normalized spacial score (nSPS) is 51.1. The van der Waals surface area contributed by atoms with E-state index in [1.165, 1.54) is 0 Å². The fraction of sp³-hybridized carbons (Fsp3) is 0.700. The highest BCUT2D eigenvalue weighted by Gasteiger charge is 2.77. The third kappa shape index (κ3) is 1.41. The molecule has 0 N–H and O–H groups in total. The summed E-state index contributed by atoms with van der Waals surface area (Å²) in [6.45, 7) is 5.79. The maximum Gasteiger partial charge on any atom is 0.320 e. The number of esters is 2. The number of Topliss-reactive ketones (excluding diaryl/α,β-unsaturated/α-hetero) is 2. The molecule has 5 heteroatoms. The molecule has 2 unspecified atom stereocenters. The number of ketones is 2. The number of carbonyl (C=O) groups excluding carboxylic acids is 4. The maximum atomic E-state index is 13.3. The van der Waals surface area contributed by atoms with Crippen LogP contribution in [0.25, 0.3) is 0 Å². The number of ether oxygens (including phenoxy) is 1. The highest BCUT2D eigenvalue weighted by atomic mass is 16.6. The van der Waals surface area contributed by atoms with Gasteiger partial charge in [-0.05, 0) is 62.4 Å². The first-order chi connectivity index (χ1) is 11.8. The molecular formula is C20H22O5. The molecule has 132 valence electrons. The Morgan fingerprint density at radius 2 is 1.80 bits per heavy atom. The lowest BCUT2D eigenvalue weighted by molar-refractivity contribution is -0.228. The summed E-state index contributed by atoms with van der Waals surface area (Å²) in [4.78, 5) is 51.9. The van der Waals surface area contributed by atoms with Gasteiger partial charge in [-0.25, -0.2) is 0 Å². The van der Waals surface area contributed by atoms with Gasteiger partial charge in [0.05, 0.1) is 16.2 Å². The van der Waals surface area contributed by atoms with Crippen LogP contribution < -0.4 is 0 Å². The van der Waals surface area contributed by atoms with Crippen molar-refractivity contribution in [1.29, 1.82) is 0 Å². The molecule has 6 aliphatic rings. The van der Waals surface area contributed by atoms with Crippen LogP contribution in [0.4, 0.5) is 0 Å². The molecule has 5 saturated carbocycles. The average Bonchev–Trinajstić information content (AvgIpc) is 2.59. The smallest absolute Gasteiger partial charge is 0.320 e. The Hall–Kier alpha value is -1.78. The van der Waals surface area contributed by atoms with E-state index in [0.29, 0.717) is 31.3 Å². The summed E-state index contributed by atoms with van der Waals surface area (Å²) in [5.74, 6) is -1.79. The molecule has 6 atom stereocenters. The fourth-order valence-corrected chi connectivity index (χ4v) is 7.13. The number of cyclic esters (lactones) is 2. The second kappa shape index (κ2) is 4.30. The number of allylic oxidation sites excluding steroid dienone is 1. The average molecular weight is 342 g/mol. The first-order valence-electron chi connectivity index (χ1n) is 9.32. The van der Waals surface area contributed by atoms with E-state index in [4.69, 9.17) is 4.74 Å². The second-order valence-corrected chi connectivity index (χ2v) is 9.02. The highest BCUT2D eigenvalue weighted by Crippen LogP contribution is 2.71. The van der Waals surface area contributed by atoms with Gasteiger partial charge in [0.1, 0.15) is 5.78 Å². The van der Waals surface area contributed by atoms with Crippen molar-refractivity contribution < 1.29 is 23.9 Å². The summed E-state index contributed by atoms with van der Waals surface area (Å²) in [6.07, 6.45) is 4.11. The summed E-state index contributed by atoms with van der Waals surface area (Å²) in [5.41, 5.74) is -2.19. The Labute approximate surface area is 146 Å². The van der Waals surface area contributed by atoms with E-state index in [9.17, 15) is 19.2 Å². The quantitative estimate of drug-likeness (QED) is 0.384. The van der Waals surface area contributed by atoms with E-state index in [2.05, 4.69) is 6.58 Å². The van der Waals surface area contributed by atoms with Gasteiger partial charge in [-0.1, -0.05) is 13.0 Å². The van der Waals surface area contributed by atoms with Crippen molar-refractivity contribution >= 4 is 23.5 Å². The zero-order chi connectivity index (χ0) is 17.8. The molecule has 0 amide bonds. The molecular weight excluding hydrogens is 320 g/mol. The van der Waals surface area contributed by atoms with Crippen LogP contribution in [-0.4, -0.2) is 23.5 Å². The van der Waals surface area contributed by atoms with E-state index in [0.717, 1.165) is 12.8 Å². The van der Waals surface area contributed by atoms with E-state index >= 15 is 0 Å². The van der Waals surface area contributed by atoms with Crippen molar-refractivity contribution in [2.45, 2.75) is 51.9 Å². The summed E-state index contributed by atoms with van der Waals surface area (Å²) < 4.78 is 5.24. The number of fused-ring (bicyclic) bond motifs is 2.